The maximum atomic E-state index is 6.30. The number of unbranched alkanes of at least 4 members (excludes halogenated alkanes) is 1. The molecule has 19 heavy (non-hydrogen) atoms. The Kier molecular flexibility index (Phi) is 4.99. The third-order valence-corrected chi connectivity index (χ3v) is 4.64. The molecular formula is C14H20ClN3S. The highest BCUT2D eigenvalue weighted by Crippen LogP contribution is 2.30. The van der Waals surface area contributed by atoms with Crippen molar-refractivity contribution in [1.29, 1.82) is 0 Å². The largest absolute Gasteiger partial charge is 0.341 e. The predicted octanol–water partition coefficient (Wildman–Crippen LogP) is 4.53. The number of fused-ring (bicyclic) bond motifs is 1. The first-order valence-corrected chi connectivity index (χ1v) is 8.09. The SMILES string of the molecule is CCCCN(CC)c1nc(Cl)c2cc(CC)sc2n1. The van der Waals surface area contributed by atoms with Crippen molar-refractivity contribution < 1.29 is 0 Å². The normalized spacial score (nSPS) is 11.2. The van der Waals surface area contributed by atoms with Crippen LogP contribution in [0.2, 0.25) is 5.15 Å². The summed E-state index contributed by atoms with van der Waals surface area (Å²) in [6, 6.07) is 2.11. The molecule has 0 aromatic carbocycles. The Bertz CT molecular complexity index is 553. The monoisotopic (exact) mass is 297 g/mol. The van der Waals surface area contributed by atoms with Crippen LogP contribution in [0.25, 0.3) is 10.2 Å². The van der Waals surface area contributed by atoms with Crippen LogP contribution in [0.15, 0.2) is 6.07 Å². The molecule has 2 aromatic rings. The van der Waals surface area contributed by atoms with Crippen molar-refractivity contribution in [1.82, 2.24) is 9.97 Å². The molecule has 5 heteroatoms. The minimum atomic E-state index is 0.575. The Balaban J connectivity index is 2.37. The van der Waals surface area contributed by atoms with Gasteiger partial charge in [0.25, 0.3) is 0 Å². The molecular weight excluding hydrogens is 278 g/mol. The molecule has 104 valence electrons. The average Bonchev–Trinajstić information content (AvgIpc) is 2.83. The van der Waals surface area contributed by atoms with Crippen molar-refractivity contribution in [3.05, 3.63) is 16.1 Å². The van der Waals surface area contributed by atoms with Crippen LogP contribution < -0.4 is 4.90 Å². The molecule has 0 aliphatic heterocycles. The van der Waals surface area contributed by atoms with Crippen molar-refractivity contribution >= 4 is 39.1 Å². The number of hydrogen-bond acceptors (Lipinski definition) is 4. The van der Waals surface area contributed by atoms with Crippen LogP contribution in [-0.2, 0) is 6.42 Å². The van der Waals surface area contributed by atoms with Gasteiger partial charge >= 0.3 is 0 Å². The number of aryl methyl sites for hydroxylation is 1. The van der Waals surface area contributed by atoms with Gasteiger partial charge in [0.2, 0.25) is 5.95 Å². The molecule has 3 nitrogen and oxygen atoms in total. The van der Waals surface area contributed by atoms with Gasteiger partial charge in [-0.1, -0.05) is 31.9 Å². The van der Waals surface area contributed by atoms with E-state index in [0.29, 0.717) is 5.15 Å². The van der Waals surface area contributed by atoms with Gasteiger partial charge in [-0.05, 0) is 25.8 Å². The van der Waals surface area contributed by atoms with Crippen LogP contribution in [0, 0.1) is 0 Å². The second kappa shape index (κ2) is 6.53. The zero-order valence-corrected chi connectivity index (χ0v) is 13.3. The summed E-state index contributed by atoms with van der Waals surface area (Å²) in [6.45, 7) is 8.36. The first-order chi connectivity index (χ1) is 9.19. The van der Waals surface area contributed by atoms with Crippen molar-refractivity contribution in [3.8, 4) is 0 Å². The summed E-state index contributed by atoms with van der Waals surface area (Å²) in [5.41, 5.74) is 0. The number of aromatic nitrogens is 2. The molecule has 0 fully saturated rings. The van der Waals surface area contributed by atoms with Crippen molar-refractivity contribution in [2.75, 3.05) is 18.0 Å². The standard InChI is InChI=1S/C14H20ClN3S/c1-4-7-8-18(6-3)14-16-12(15)11-9-10(5-2)19-13(11)17-14/h9H,4-8H2,1-3H3. The summed E-state index contributed by atoms with van der Waals surface area (Å²) in [4.78, 5) is 13.6. The van der Waals surface area contributed by atoms with E-state index in [1.807, 2.05) is 0 Å². The second-order valence-electron chi connectivity index (χ2n) is 4.53. The van der Waals surface area contributed by atoms with E-state index in [-0.39, 0.29) is 0 Å². The molecule has 0 spiro atoms. The summed E-state index contributed by atoms with van der Waals surface area (Å²) in [6.07, 6.45) is 3.34. The molecule has 0 radical (unpaired) electrons. The minimum Gasteiger partial charge on any atom is -0.341 e. The van der Waals surface area contributed by atoms with Gasteiger partial charge < -0.3 is 4.90 Å². The van der Waals surface area contributed by atoms with E-state index >= 15 is 0 Å². The van der Waals surface area contributed by atoms with E-state index in [1.54, 1.807) is 11.3 Å². The van der Waals surface area contributed by atoms with Gasteiger partial charge in [-0.2, -0.15) is 0 Å². The number of hydrogen-bond donors (Lipinski definition) is 0. The van der Waals surface area contributed by atoms with Gasteiger partial charge in [0.1, 0.15) is 9.98 Å². The molecule has 0 saturated heterocycles. The van der Waals surface area contributed by atoms with E-state index in [1.165, 1.54) is 11.3 Å². The highest BCUT2D eigenvalue weighted by molar-refractivity contribution is 7.18. The Morgan fingerprint density at radius 2 is 2.05 bits per heavy atom. The Hall–Kier alpha value is -0.870. The van der Waals surface area contributed by atoms with Gasteiger partial charge in [-0.3, -0.25) is 0 Å². The summed E-state index contributed by atoms with van der Waals surface area (Å²) in [7, 11) is 0. The van der Waals surface area contributed by atoms with Crippen LogP contribution >= 0.6 is 22.9 Å². The average molecular weight is 298 g/mol. The van der Waals surface area contributed by atoms with Crippen LogP contribution in [0.1, 0.15) is 38.5 Å². The number of anilines is 1. The summed E-state index contributed by atoms with van der Waals surface area (Å²) < 4.78 is 0. The van der Waals surface area contributed by atoms with E-state index in [9.17, 15) is 0 Å². The Labute approximate surface area is 123 Å². The van der Waals surface area contributed by atoms with Gasteiger partial charge in [-0.15, -0.1) is 11.3 Å². The maximum absolute atomic E-state index is 6.30. The summed E-state index contributed by atoms with van der Waals surface area (Å²) in [5, 5.41) is 1.56. The Morgan fingerprint density at radius 3 is 2.68 bits per heavy atom. The molecule has 0 bridgehead atoms. The van der Waals surface area contributed by atoms with Crippen LogP contribution in [0.3, 0.4) is 0 Å². The van der Waals surface area contributed by atoms with Crippen molar-refractivity contribution in [3.63, 3.8) is 0 Å². The quantitative estimate of drug-likeness (QED) is 0.733. The predicted molar refractivity (Wildman–Crippen MR) is 84.6 cm³/mol. The molecule has 0 N–H and O–H groups in total. The van der Waals surface area contributed by atoms with Crippen molar-refractivity contribution in [2.45, 2.75) is 40.0 Å². The highest BCUT2D eigenvalue weighted by atomic mass is 35.5. The van der Waals surface area contributed by atoms with Crippen molar-refractivity contribution in [2.24, 2.45) is 0 Å². The topological polar surface area (TPSA) is 29.0 Å². The van der Waals surface area contributed by atoms with Crippen LogP contribution in [-0.4, -0.2) is 23.1 Å². The minimum absolute atomic E-state index is 0.575. The number of thiophene rings is 1. The van der Waals surface area contributed by atoms with E-state index < -0.39 is 0 Å². The highest BCUT2D eigenvalue weighted by Gasteiger charge is 2.13. The molecule has 0 amide bonds. The third kappa shape index (κ3) is 3.18. The third-order valence-electron chi connectivity index (χ3n) is 3.18. The Morgan fingerprint density at radius 1 is 1.26 bits per heavy atom. The van der Waals surface area contributed by atoms with Gasteiger partial charge in [0, 0.05) is 23.4 Å². The van der Waals surface area contributed by atoms with Crippen LogP contribution in [0.4, 0.5) is 5.95 Å². The maximum Gasteiger partial charge on any atom is 0.228 e. The first-order valence-electron chi connectivity index (χ1n) is 6.90. The smallest absolute Gasteiger partial charge is 0.228 e. The lowest BCUT2D eigenvalue weighted by atomic mass is 10.3. The zero-order valence-electron chi connectivity index (χ0n) is 11.7. The molecule has 2 aromatic heterocycles. The van der Waals surface area contributed by atoms with Gasteiger partial charge in [0.15, 0.2) is 0 Å². The zero-order chi connectivity index (χ0) is 13.8. The fourth-order valence-electron chi connectivity index (χ4n) is 1.99. The molecule has 0 aliphatic rings. The molecule has 0 aliphatic carbocycles. The lowest BCUT2D eigenvalue weighted by Crippen LogP contribution is -2.25. The van der Waals surface area contributed by atoms with E-state index in [4.69, 9.17) is 11.6 Å². The summed E-state index contributed by atoms with van der Waals surface area (Å²) >= 11 is 8.01. The second-order valence-corrected chi connectivity index (χ2v) is 6.01. The molecule has 0 atom stereocenters. The van der Waals surface area contributed by atoms with Gasteiger partial charge in [0.05, 0.1) is 0 Å². The van der Waals surface area contributed by atoms with E-state index in [0.717, 1.165) is 42.1 Å². The number of rotatable bonds is 6. The van der Waals surface area contributed by atoms with Crippen LogP contribution in [0.5, 0.6) is 0 Å². The first kappa shape index (κ1) is 14.5. The van der Waals surface area contributed by atoms with E-state index in [2.05, 4.69) is 41.7 Å². The fourth-order valence-corrected chi connectivity index (χ4v) is 3.23. The molecule has 0 saturated carbocycles. The molecule has 2 rings (SSSR count). The lowest BCUT2D eigenvalue weighted by molar-refractivity contribution is 0.716. The molecule has 0 unspecified atom stereocenters. The summed E-state index contributed by atoms with van der Waals surface area (Å²) in [5.74, 6) is 0.762. The van der Waals surface area contributed by atoms with Gasteiger partial charge in [-0.25, -0.2) is 9.97 Å². The lowest BCUT2D eigenvalue weighted by Gasteiger charge is -2.20. The fraction of sp³-hybridized carbons (Fsp3) is 0.571. The molecule has 2 heterocycles. The number of halogens is 1. The number of nitrogens with zero attached hydrogens (tertiary/aromatic N) is 3.